The number of methoxy groups -OCH3 is 1. The van der Waals surface area contributed by atoms with Crippen LogP contribution in [-0.4, -0.2) is 25.5 Å². The molecule has 1 aliphatic rings. The van der Waals surface area contributed by atoms with Crippen LogP contribution < -0.4 is 20.5 Å². The predicted octanol–water partition coefficient (Wildman–Crippen LogP) is 2.77. The zero-order chi connectivity index (χ0) is 19.9. The van der Waals surface area contributed by atoms with Crippen LogP contribution in [-0.2, 0) is 16.0 Å². The molecule has 6 nitrogen and oxygen atoms in total. The van der Waals surface area contributed by atoms with Gasteiger partial charge < -0.3 is 20.5 Å². The lowest BCUT2D eigenvalue weighted by molar-refractivity contribution is -0.120. The number of ether oxygens (including phenoxy) is 2. The first-order chi connectivity index (χ1) is 13.6. The number of hydrogen-bond donors (Lipinski definition) is 2. The molecule has 0 heterocycles. The van der Waals surface area contributed by atoms with Gasteiger partial charge in [-0.1, -0.05) is 30.3 Å². The van der Waals surface area contributed by atoms with Gasteiger partial charge in [0.2, 0.25) is 5.91 Å². The summed E-state index contributed by atoms with van der Waals surface area (Å²) in [6, 6.07) is 13.5. The Hall–Kier alpha value is -3.28. The third-order valence-electron chi connectivity index (χ3n) is 4.67. The van der Waals surface area contributed by atoms with Crippen molar-refractivity contribution in [1.82, 2.24) is 5.32 Å². The molecule has 2 aromatic carbocycles. The molecule has 28 heavy (non-hydrogen) atoms. The van der Waals surface area contributed by atoms with Crippen LogP contribution in [0.15, 0.2) is 48.5 Å². The lowest BCUT2D eigenvalue weighted by atomic mass is 9.88. The number of carbonyl (C=O) groups is 2. The minimum atomic E-state index is -0.563. The van der Waals surface area contributed by atoms with Gasteiger partial charge in [-0.05, 0) is 54.2 Å². The van der Waals surface area contributed by atoms with Crippen molar-refractivity contribution in [2.45, 2.75) is 25.3 Å². The normalized spacial score (nSPS) is 15.7. The van der Waals surface area contributed by atoms with Gasteiger partial charge >= 0.3 is 0 Å². The fourth-order valence-electron chi connectivity index (χ4n) is 3.35. The predicted molar refractivity (Wildman–Crippen MR) is 107 cm³/mol. The Kier molecular flexibility index (Phi) is 6.32. The highest BCUT2D eigenvalue weighted by molar-refractivity contribution is 5.92. The summed E-state index contributed by atoms with van der Waals surface area (Å²) in [7, 11) is 1.51. The van der Waals surface area contributed by atoms with E-state index in [9.17, 15) is 9.59 Å². The van der Waals surface area contributed by atoms with Gasteiger partial charge in [0.1, 0.15) is 0 Å². The maximum Gasteiger partial charge on any atom is 0.255 e. The van der Waals surface area contributed by atoms with Crippen LogP contribution in [0.3, 0.4) is 0 Å². The first-order valence-corrected chi connectivity index (χ1v) is 9.22. The first kappa shape index (κ1) is 19.5. The van der Waals surface area contributed by atoms with E-state index in [2.05, 4.69) is 17.4 Å². The minimum Gasteiger partial charge on any atom is -0.493 e. The van der Waals surface area contributed by atoms with E-state index >= 15 is 0 Å². The summed E-state index contributed by atoms with van der Waals surface area (Å²) in [5, 5.41) is 3.08. The molecule has 146 valence electrons. The third-order valence-corrected chi connectivity index (χ3v) is 4.67. The van der Waals surface area contributed by atoms with Crippen LogP contribution in [0, 0.1) is 0 Å². The van der Waals surface area contributed by atoms with Gasteiger partial charge in [0, 0.05) is 6.08 Å². The number of nitrogens with two attached hydrogens (primary N) is 1. The van der Waals surface area contributed by atoms with Gasteiger partial charge in [0.05, 0.1) is 13.2 Å². The summed E-state index contributed by atoms with van der Waals surface area (Å²) in [6.45, 7) is -0.225. The average molecular weight is 380 g/mol. The Morgan fingerprint density at radius 1 is 1.21 bits per heavy atom. The van der Waals surface area contributed by atoms with Gasteiger partial charge in [-0.15, -0.1) is 0 Å². The highest BCUT2D eigenvalue weighted by Gasteiger charge is 2.20. The fourth-order valence-corrected chi connectivity index (χ4v) is 3.35. The van der Waals surface area contributed by atoms with E-state index < -0.39 is 5.91 Å². The summed E-state index contributed by atoms with van der Waals surface area (Å²) >= 11 is 0. The second-order valence-electron chi connectivity index (χ2n) is 6.65. The van der Waals surface area contributed by atoms with Crippen LogP contribution >= 0.6 is 0 Å². The topological polar surface area (TPSA) is 90.7 Å². The molecule has 0 bridgehead atoms. The van der Waals surface area contributed by atoms with Crippen molar-refractivity contribution in [2.24, 2.45) is 5.73 Å². The SMILES string of the molecule is COc1cc(/C=C/C(=O)NC2CCCc3ccccc32)ccc1OCC(N)=O. The van der Waals surface area contributed by atoms with Crippen LogP contribution in [0.2, 0.25) is 0 Å². The van der Waals surface area contributed by atoms with Crippen molar-refractivity contribution >= 4 is 17.9 Å². The van der Waals surface area contributed by atoms with E-state index in [1.807, 2.05) is 12.1 Å². The van der Waals surface area contributed by atoms with Crippen LogP contribution in [0.5, 0.6) is 11.5 Å². The monoisotopic (exact) mass is 380 g/mol. The van der Waals surface area contributed by atoms with Crippen LogP contribution in [0.1, 0.15) is 35.6 Å². The Morgan fingerprint density at radius 2 is 2.04 bits per heavy atom. The molecular weight excluding hydrogens is 356 g/mol. The van der Waals surface area contributed by atoms with Crippen molar-refractivity contribution in [3.05, 3.63) is 65.2 Å². The zero-order valence-corrected chi connectivity index (χ0v) is 15.8. The number of benzene rings is 2. The molecule has 0 saturated carbocycles. The van der Waals surface area contributed by atoms with Crippen molar-refractivity contribution in [2.75, 3.05) is 13.7 Å². The van der Waals surface area contributed by atoms with Crippen LogP contribution in [0.4, 0.5) is 0 Å². The summed E-state index contributed by atoms with van der Waals surface area (Å²) in [4.78, 5) is 23.2. The quantitative estimate of drug-likeness (QED) is 0.723. The molecule has 0 aromatic heterocycles. The number of hydrogen-bond acceptors (Lipinski definition) is 4. The summed E-state index contributed by atoms with van der Waals surface area (Å²) in [5.74, 6) is 0.174. The minimum absolute atomic E-state index is 0.0428. The van der Waals surface area contributed by atoms with E-state index in [0.29, 0.717) is 11.5 Å². The molecule has 0 fully saturated rings. The van der Waals surface area contributed by atoms with Gasteiger partial charge in [0.25, 0.3) is 5.91 Å². The van der Waals surface area contributed by atoms with E-state index in [0.717, 1.165) is 24.8 Å². The Labute approximate surface area is 164 Å². The second-order valence-corrected chi connectivity index (χ2v) is 6.65. The van der Waals surface area contributed by atoms with Gasteiger partial charge in [0.15, 0.2) is 18.1 Å². The standard InChI is InChI=1S/C22H24N2O4/c1-27-20-13-15(9-11-19(20)28-14-21(23)25)10-12-22(26)24-18-8-4-6-16-5-2-3-7-17(16)18/h2-3,5,7,9-13,18H,4,6,8,14H2,1H3,(H2,23,25)(H,24,26)/b12-10+. The molecule has 2 amide bonds. The number of fused-ring (bicyclic) bond motifs is 1. The number of carbonyl (C=O) groups excluding carboxylic acids is 2. The second kappa shape index (κ2) is 9.08. The van der Waals surface area contributed by atoms with E-state index in [4.69, 9.17) is 15.2 Å². The molecular formula is C22H24N2O4. The van der Waals surface area contributed by atoms with Crippen molar-refractivity contribution in [3.8, 4) is 11.5 Å². The first-order valence-electron chi connectivity index (χ1n) is 9.22. The van der Waals surface area contributed by atoms with Gasteiger partial charge in [-0.3, -0.25) is 9.59 Å². The van der Waals surface area contributed by atoms with E-state index in [-0.39, 0.29) is 18.6 Å². The number of rotatable bonds is 7. The number of nitrogens with one attached hydrogen (secondary N) is 1. The largest absolute Gasteiger partial charge is 0.493 e. The molecule has 1 unspecified atom stereocenters. The molecule has 0 aliphatic heterocycles. The van der Waals surface area contributed by atoms with Crippen molar-refractivity contribution < 1.29 is 19.1 Å². The summed E-state index contributed by atoms with van der Waals surface area (Å²) in [5.41, 5.74) is 8.38. The fraction of sp³-hybridized carbons (Fsp3) is 0.273. The lowest BCUT2D eigenvalue weighted by Crippen LogP contribution is -2.29. The van der Waals surface area contributed by atoms with Crippen molar-refractivity contribution in [3.63, 3.8) is 0 Å². The Bertz CT molecular complexity index is 892. The average Bonchev–Trinajstić information content (AvgIpc) is 2.71. The number of primary amides is 1. The van der Waals surface area contributed by atoms with E-state index in [1.165, 1.54) is 24.3 Å². The van der Waals surface area contributed by atoms with Gasteiger partial charge in [-0.2, -0.15) is 0 Å². The Balaban J connectivity index is 1.65. The Morgan fingerprint density at radius 3 is 2.82 bits per heavy atom. The highest BCUT2D eigenvalue weighted by atomic mass is 16.5. The zero-order valence-electron chi connectivity index (χ0n) is 15.8. The maximum absolute atomic E-state index is 12.4. The molecule has 1 aliphatic carbocycles. The molecule has 3 rings (SSSR count). The maximum atomic E-state index is 12.4. The number of aryl methyl sites for hydroxylation is 1. The summed E-state index contributed by atoms with van der Waals surface area (Å²) < 4.78 is 10.6. The molecule has 2 aromatic rings. The van der Waals surface area contributed by atoms with Gasteiger partial charge in [-0.25, -0.2) is 0 Å². The molecule has 1 atom stereocenters. The highest BCUT2D eigenvalue weighted by Crippen LogP contribution is 2.30. The smallest absolute Gasteiger partial charge is 0.255 e. The third kappa shape index (κ3) is 4.91. The summed E-state index contributed by atoms with van der Waals surface area (Å²) in [6.07, 6.45) is 6.29. The molecule has 6 heteroatoms. The van der Waals surface area contributed by atoms with Crippen molar-refractivity contribution in [1.29, 1.82) is 0 Å². The lowest BCUT2D eigenvalue weighted by Gasteiger charge is -2.25. The number of amides is 2. The molecule has 0 spiro atoms. The molecule has 0 radical (unpaired) electrons. The van der Waals surface area contributed by atoms with E-state index in [1.54, 1.807) is 24.3 Å². The molecule has 3 N–H and O–H groups in total. The van der Waals surface area contributed by atoms with Crippen LogP contribution in [0.25, 0.3) is 6.08 Å². The molecule has 0 saturated heterocycles.